The van der Waals surface area contributed by atoms with Crippen LogP contribution in [0.2, 0.25) is 0 Å². The van der Waals surface area contributed by atoms with Gasteiger partial charge in [0, 0.05) is 24.5 Å². The molecule has 4 amide bonds. The van der Waals surface area contributed by atoms with Crippen LogP contribution in [0.15, 0.2) is 109 Å². The SMILES string of the molecule is O=C(NCCc1ccccc1)Nc1ccc(Cc2ccc(NC(=O)NCCc3ccccc3)cc2)cc1. The largest absolute Gasteiger partial charge is 0.338 e. The number of rotatable bonds is 10. The molecule has 37 heavy (non-hydrogen) atoms. The molecule has 0 saturated carbocycles. The van der Waals surface area contributed by atoms with Gasteiger partial charge < -0.3 is 21.3 Å². The first kappa shape index (κ1) is 25.5. The highest BCUT2D eigenvalue weighted by molar-refractivity contribution is 5.89. The van der Waals surface area contributed by atoms with E-state index in [1.54, 1.807) is 0 Å². The van der Waals surface area contributed by atoms with E-state index in [0.29, 0.717) is 13.1 Å². The zero-order valence-electron chi connectivity index (χ0n) is 20.7. The van der Waals surface area contributed by atoms with Crippen LogP contribution in [0, 0.1) is 0 Å². The first-order valence-corrected chi connectivity index (χ1v) is 12.5. The van der Waals surface area contributed by atoms with Gasteiger partial charge in [-0.2, -0.15) is 0 Å². The highest BCUT2D eigenvalue weighted by atomic mass is 16.2. The van der Waals surface area contributed by atoms with Crippen molar-refractivity contribution in [1.29, 1.82) is 0 Å². The quantitative estimate of drug-likeness (QED) is 0.219. The molecule has 0 aromatic heterocycles. The summed E-state index contributed by atoms with van der Waals surface area (Å²) >= 11 is 0. The van der Waals surface area contributed by atoms with E-state index in [9.17, 15) is 9.59 Å². The molecule has 6 nitrogen and oxygen atoms in total. The van der Waals surface area contributed by atoms with Crippen molar-refractivity contribution in [3.8, 4) is 0 Å². The Morgan fingerprint density at radius 1 is 0.459 bits per heavy atom. The van der Waals surface area contributed by atoms with Gasteiger partial charge in [0.05, 0.1) is 0 Å². The smallest absolute Gasteiger partial charge is 0.319 e. The Balaban J connectivity index is 1.17. The molecule has 0 radical (unpaired) electrons. The summed E-state index contributed by atoms with van der Waals surface area (Å²) in [6.07, 6.45) is 2.34. The van der Waals surface area contributed by atoms with Crippen molar-refractivity contribution in [3.63, 3.8) is 0 Å². The third kappa shape index (κ3) is 8.85. The summed E-state index contributed by atoms with van der Waals surface area (Å²) in [6.45, 7) is 1.16. The first-order valence-electron chi connectivity index (χ1n) is 12.5. The molecule has 0 fully saturated rings. The number of hydrogen-bond acceptors (Lipinski definition) is 2. The summed E-state index contributed by atoms with van der Waals surface area (Å²) in [4.78, 5) is 24.3. The fourth-order valence-corrected chi connectivity index (χ4v) is 3.93. The standard InChI is InChI=1S/C31H32N4O2/c36-30(32-21-19-24-7-3-1-4-8-24)34-28-15-11-26(12-16-28)23-27-13-17-29(18-14-27)35-31(37)33-22-20-25-9-5-2-6-10-25/h1-18H,19-23H2,(H2,32,34,36)(H2,33,35,37). The number of carbonyl (C=O) groups is 2. The Bertz CT molecular complexity index is 1160. The summed E-state index contributed by atoms with van der Waals surface area (Å²) in [5.41, 5.74) is 6.15. The lowest BCUT2D eigenvalue weighted by Crippen LogP contribution is -2.30. The molecule has 0 aliphatic carbocycles. The van der Waals surface area contributed by atoms with Crippen LogP contribution in [-0.4, -0.2) is 25.2 Å². The Hall–Kier alpha value is -4.58. The van der Waals surface area contributed by atoms with Crippen molar-refractivity contribution in [2.75, 3.05) is 23.7 Å². The number of amides is 4. The van der Waals surface area contributed by atoms with Crippen LogP contribution in [0.3, 0.4) is 0 Å². The highest BCUT2D eigenvalue weighted by Gasteiger charge is 2.04. The van der Waals surface area contributed by atoms with Gasteiger partial charge in [0.25, 0.3) is 0 Å². The molecular formula is C31H32N4O2. The molecule has 4 N–H and O–H groups in total. The number of anilines is 2. The van der Waals surface area contributed by atoms with Crippen molar-refractivity contribution >= 4 is 23.4 Å². The molecule has 4 aromatic carbocycles. The Morgan fingerprint density at radius 3 is 1.22 bits per heavy atom. The molecule has 4 aromatic rings. The van der Waals surface area contributed by atoms with Crippen LogP contribution in [0.5, 0.6) is 0 Å². The summed E-state index contributed by atoms with van der Waals surface area (Å²) < 4.78 is 0. The zero-order chi connectivity index (χ0) is 25.7. The van der Waals surface area contributed by atoms with E-state index in [2.05, 4.69) is 21.3 Å². The number of nitrogens with one attached hydrogen (secondary N) is 4. The van der Waals surface area contributed by atoms with E-state index in [4.69, 9.17) is 0 Å². The van der Waals surface area contributed by atoms with Crippen molar-refractivity contribution in [3.05, 3.63) is 131 Å². The third-order valence-electron chi connectivity index (χ3n) is 5.92. The normalized spacial score (nSPS) is 10.4. The maximum Gasteiger partial charge on any atom is 0.319 e. The van der Waals surface area contributed by atoms with Gasteiger partial charge in [0.1, 0.15) is 0 Å². The molecule has 6 heteroatoms. The van der Waals surface area contributed by atoms with Gasteiger partial charge >= 0.3 is 12.1 Å². The molecule has 0 spiro atoms. The van der Waals surface area contributed by atoms with Crippen LogP contribution in [-0.2, 0) is 19.3 Å². The second kappa shape index (κ2) is 13.5. The number of benzene rings is 4. The van der Waals surface area contributed by atoms with Gasteiger partial charge in [-0.15, -0.1) is 0 Å². The van der Waals surface area contributed by atoms with Gasteiger partial charge in [-0.1, -0.05) is 84.9 Å². The third-order valence-corrected chi connectivity index (χ3v) is 5.92. The minimum absolute atomic E-state index is 0.212. The molecule has 4 rings (SSSR count). The average molecular weight is 493 g/mol. The van der Waals surface area contributed by atoms with Crippen LogP contribution in [0.4, 0.5) is 21.0 Å². The van der Waals surface area contributed by atoms with Crippen LogP contribution in [0.1, 0.15) is 22.3 Å². The summed E-state index contributed by atoms with van der Waals surface area (Å²) in [5, 5.41) is 11.5. The maximum atomic E-state index is 12.2. The Kier molecular flexibility index (Phi) is 9.30. The van der Waals surface area contributed by atoms with Crippen LogP contribution in [0.25, 0.3) is 0 Å². The van der Waals surface area contributed by atoms with Crippen LogP contribution >= 0.6 is 0 Å². The fourth-order valence-electron chi connectivity index (χ4n) is 3.93. The highest BCUT2D eigenvalue weighted by Crippen LogP contribution is 2.16. The molecule has 0 aliphatic heterocycles. The predicted molar refractivity (Wildman–Crippen MR) is 150 cm³/mol. The molecule has 0 bridgehead atoms. The second-order valence-electron chi connectivity index (χ2n) is 8.80. The Labute approximate surface area is 218 Å². The minimum atomic E-state index is -0.212. The average Bonchev–Trinajstić information content (AvgIpc) is 2.92. The van der Waals surface area contributed by atoms with Crippen molar-refractivity contribution in [1.82, 2.24) is 10.6 Å². The lowest BCUT2D eigenvalue weighted by Gasteiger charge is -2.10. The number of carbonyl (C=O) groups excluding carboxylic acids is 2. The van der Waals surface area contributed by atoms with Gasteiger partial charge in [-0.3, -0.25) is 0 Å². The number of urea groups is 2. The minimum Gasteiger partial charge on any atom is -0.338 e. The van der Waals surface area contributed by atoms with Gasteiger partial charge in [0.2, 0.25) is 0 Å². The number of hydrogen-bond donors (Lipinski definition) is 4. The van der Waals surface area contributed by atoms with E-state index >= 15 is 0 Å². The maximum absolute atomic E-state index is 12.2. The molecule has 0 unspecified atom stereocenters. The van der Waals surface area contributed by atoms with Gasteiger partial charge in [0.15, 0.2) is 0 Å². The zero-order valence-corrected chi connectivity index (χ0v) is 20.7. The first-order chi connectivity index (χ1) is 18.1. The van der Waals surface area contributed by atoms with E-state index in [-0.39, 0.29) is 12.1 Å². The Morgan fingerprint density at radius 2 is 0.838 bits per heavy atom. The predicted octanol–water partition coefficient (Wildman–Crippen LogP) is 6.01. The van der Waals surface area contributed by atoms with Gasteiger partial charge in [-0.25, -0.2) is 9.59 Å². The summed E-state index contributed by atoms with van der Waals surface area (Å²) in [5.74, 6) is 0. The monoisotopic (exact) mass is 492 g/mol. The molecule has 188 valence electrons. The van der Waals surface area contributed by atoms with Crippen molar-refractivity contribution in [2.24, 2.45) is 0 Å². The lowest BCUT2D eigenvalue weighted by atomic mass is 10.0. The molecule has 0 atom stereocenters. The van der Waals surface area contributed by atoms with E-state index in [1.807, 2.05) is 109 Å². The van der Waals surface area contributed by atoms with Gasteiger partial charge in [-0.05, 0) is 65.8 Å². The topological polar surface area (TPSA) is 82.3 Å². The second-order valence-corrected chi connectivity index (χ2v) is 8.80. The van der Waals surface area contributed by atoms with E-state index in [1.165, 1.54) is 11.1 Å². The van der Waals surface area contributed by atoms with E-state index < -0.39 is 0 Å². The molecule has 0 saturated heterocycles. The molecule has 0 aliphatic rings. The summed E-state index contributed by atoms with van der Waals surface area (Å²) in [6, 6.07) is 35.4. The fraction of sp³-hybridized carbons (Fsp3) is 0.161. The lowest BCUT2D eigenvalue weighted by molar-refractivity contribution is 0.251. The van der Waals surface area contributed by atoms with E-state index in [0.717, 1.165) is 41.8 Å². The van der Waals surface area contributed by atoms with Crippen molar-refractivity contribution in [2.45, 2.75) is 19.3 Å². The van der Waals surface area contributed by atoms with Crippen LogP contribution < -0.4 is 21.3 Å². The molecular weight excluding hydrogens is 460 g/mol. The molecule has 0 heterocycles. The summed E-state index contributed by atoms with van der Waals surface area (Å²) in [7, 11) is 0. The van der Waals surface area contributed by atoms with Crippen molar-refractivity contribution < 1.29 is 9.59 Å².